The lowest BCUT2D eigenvalue weighted by Crippen LogP contribution is -2.49. The van der Waals surface area contributed by atoms with Gasteiger partial charge in [-0.05, 0) is 6.42 Å². The smallest absolute Gasteiger partial charge is 0.317 e. The highest BCUT2D eigenvalue weighted by Gasteiger charge is 2.20. The van der Waals surface area contributed by atoms with Gasteiger partial charge in [-0.2, -0.15) is 0 Å². The van der Waals surface area contributed by atoms with Crippen molar-refractivity contribution in [3.05, 3.63) is 0 Å². The van der Waals surface area contributed by atoms with Gasteiger partial charge in [0.2, 0.25) is 5.91 Å². The van der Waals surface area contributed by atoms with E-state index in [4.69, 9.17) is 0 Å². The van der Waals surface area contributed by atoms with Gasteiger partial charge in [-0.3, -0.25) is 34.0 Å². The maximum absolute atomic E-state index is 12.4. The van der Waals surface area contributed by atoms with Gasteiger partial charge in [0.15, 0.2) is 0 Å². The summed E-state index contributed by atoms with van der Waals surface area (Å²) in [5, 5.41) is 21.4. The number of carboxylic acids is 2. The van der Waals surface area contributed by atoms with Crippen LogP contribution in [-0.4, -0.2) is 139 Å². The molecule has 1 rings (SSSR count). The molecule has 1 aliphatic rings. The third-order valence-electron chi connectivity index (χ3n) is 5.70. The summed E-state index contributed by atoms with van der Waals surface area (Å²) < 4.78 is 0. The average molecular weight is 472 g/mol. The van der Waals surface area contributed by atoms with Crippen molar-refractivity contribution in [2.24, 2.45) is 0 Å². The standard InChI is InChI=1S/C22H41N5O6/c1-2-3-4-5-6-23-20(29)17-25-9-7-24(15-16-28)8-10-26(18-21(30)31)13-14-27(12-11-25)19-22(32)33/h16H,2-15,17-19H2,1H3,(H,23,29)(H,30,31)(H,32,33). The van der Waals surface area contributed by atoms with Crippen LogP contribution in [-0.2, 0) is 19.2 Å². The predicted molar refractivity (Wildman–Crippen MR) is 124 cm³/mol. The summed E-state index contributed by atoms with van der Waals surface area (Å²) in [6.07, 6.45) is 5.16. The van der Waals surface area contributed by atoms with Gasteiger partial charge in [0.1, 0.15) is 6.29 Å². The molecule has 0 bridgehead atoms. The first-order chi connectivity index (χ1) is 15.8. The Hall–Kier alpha value is -2.08. The second kappa shape index (κ2) is 17.4. The minimum Gasteiger partial charge on any atom is -0.480 e. The van der Waals surface area contributed by atoms with Gasteiger partial charge in [0.25, 0.3) is 0 Å². The van der Waals surface area contributed by atoms with Crippen molar-refractivity contribution >= 4 is 24.1 Å². The Morgan fingerprint density at radius 3 is 1.61 bits per heavy atom. The number of hydrogen-bond donors (Lipinski definition) is 3. The molecule has 11 nitrogen and oxygen atoms in total. The van der Waals surface area contributed by atoms with Crippen molar-refractivity contribution in [2.45, 2.75) is 32.6 Å². The Kier molecular flexibility index (Phi) is 15.3. The molecule has 0 aliphatic carbocycles. The van der Waals surface area contributed by atoms with Crippen LogP contribution in [0, 0.1) is 0 Å². The Morgan fingerprint density at radius 1 is 0.727 bits per heavy atom. The lowest BCUT2D eigenvalue weighted by molar-refractivity contribution is -0.140. The predicted octanol–water partition coefficient (Wildman–Crippen LogP) is -0.727. The first-order valence-corrected chi connectivity index (χ1v) is 11.9. The van der Waals surface area contributed by atoms with Crippen LogP contribution in [0.5, 0.6) is 0 Å². The zero-order valence-corrected chi connectivity index (χ0v) is 19.9. The highest BCUT2D eigenvalue weighted by atomic mass is 16.4. The van der Waals surface area contributed by atoms with E-state index in [2.05, 4.69) is 12.2 Å². The molecule has 0 aromatic rings. The van der Waals surface area contributed by atoms with Crippen LogP contribution in [0.4, 0.5) is 0 Å². The first kappa shape index (κ1) is 29.0. The Bertz CT molecular complexity index is 606. The highest BCUT2D eigenvalue weighted by molar-refractivity contribution is 5.78. The first-order valence-electron chi connectivity index (χ1n) is 11.9. The van der Waals surface area contributed by atoms with E-state index in [9.17, 15) is 29.4 Å². The van der Waals surface area contributed by atoms with Gasteiger partial charge in [-0.1, -0.05) is 26.2 Å². The highest BCUT2D eigenvalue weighted by Crippen LogP contribution is 2.01. The van der Waals surface area contributed by atoms with Gasteiger partial charge >= 0.3 is 11.9 Å². The fourth-order valence-electron chi connectivity index (χ4n) is 3.76. The summed E-state index contributed by atoms with van der Waals surface area (Å²) in [7, 11) is 0. The number of aldehydes is 1. The van der Waals surface area contributed by atoms with E-state index in [-0.39, 0.29) is 32.1 Å². The number of carbonyl (C=O) groups excluding carboxylic acids is 2. The summed E-state index contributed by atoms with van der Waals surface area (Å²) in [5.41, 5.74) is 0. The molecule has 0 aromatic carbocycles. The maximum Gasteiger partial charge on any atom is 0.317 e. The number of aliphatic carboxylic acids is 2. The van der Waals surface area contributed by atoms with Gasteiger partial charge in [0.05, 0.1) is 26.2 Å². The molecule has 1 fully saturated rings. The van der Waals surface area contributed by atoms with E-state index < -0.39 is 11.9 Å². The second-order valence-electron chi connectivity index (χ2n) is 8.49. The molecule has 33 heavy (non-hydrogen) atoms. The monoisotopic (exact) mass is 471 g/mol. The number of hydrogen-bond acceptors (Lipinski definition) is 8. The van der Waals surface area contributed by atoms with E-state index in [0.717, 1.165) is 32.0 Å². The number of carboxylic acid groups (broad SMARTS) is 2. The summed E-state index contributed by atoms with van der Waals surface area (Å²) in [6.45, 7) is 6.82. The molecule has 0 unspecified atom stereocenters. The van der Waals surface area contributed by atoms with Crippen molar-refractivity contribution < 1.29 is 29.4 Å². The van der Waals surface area contributed by atoms with Crippen LogP contribution >= 0.6 is 0 Å². The molecule has 190 valence electrons. The van der Waals surface area contributed by atoms with E-state index in [1.807, 2.05) is 9.80 Å². The Morgan fingerprint density at radius 2 is 1.18 bits per heavy atom. The van der Waals surface area contributed by atoms with Gasteiger partial charge < -0.3 is 20.3 Å². The second-order valence-corrected chi connectivity index (χ2v) is 8.49. The lowest BCUT2D eigenvalue weighted by atomic mass is 10.2. The zero-order chi connectivity index (χ0) is 24.5. The molecule has 0 radical (unpaired) electrons. The van der Waals surface area contributed by atoms with E-state index in [1.165, 1.54) is 0 Å². The van der Waals surface area contributed by atoms with E-state index in [0.29, 0.717) is 58.9 Å². The molecule has 1 amide bonds. The zero-order valence-electron chi connectivity index (χ0n) is 19.9. The van der Waals surface area contributed by atoms with Crippen LogP contribution in [0.1, 0.15) is 32.6 Å². The summed E-state index contributed by atoms with van der Waals surface area (Å²) >= 11 is 0. The van der Waals surface area contributed by atoms with Crippen molar-refractivity contribution in [1.29, 1.82) is 0 Å². The number of carbonyl (C=O) groups is 4. The number of nitrogens with one attached hydrogen (secondary N) is 1. The molecule has 11 heteroatoms. The molecule has 0 saturated carbocycles. The quantitative estimate of drug-likeness (QED) is 0.233. The fourth-order valence-corrected chi connectivity index (χ4v) is 3.76. The topological polar surface area (TPSA) is 134 Å². The summed E-state index contributed by atoms with van der Waals surface area (Å²) in [6, 6.07) is 0. The molecule has 0 aromatic heterocycles. The molecule has 3 N–H and O–H groups in total. The van der Waals surface area contributed by atoms with E-state index in [1.54, 1.807) is 9.80 Å². The van der Waals surface area contributed by atoms with Gasteiger partial charge in [-0.15, -0.1) is 0 Å². The number of rotatable bonds is 13. The van der Waals surface area contributed by atoms with Crippen LogP contribution in [0.25, 0.3) is 0 Å². The molecule has 1 saturated heterocycles. The molecular weight excluding hydrogens is 430 g/mol. The molecule has 1 heterocycles. The summed E-state index contributed by atoms with van der Waals surface area (Å²) in [5.74, 6) is -1.95. The van der Waals surface area contributed by atoms with Crippen LogP contribution in [0.15, 0.2) is 0 Å². The fraction of sp³-hybridized carbons (Fsp3) is 0.818. The molecule has 0 spiro atoms. The number of nitrogens with zero attached hydrogens (tertiary/aromatic N) is 4. The third-order valence-corrected chi connectivity index (χ3v) is 5.70. The lowest BCUT2D eigenvalue weighted by Gasteiger charge is -2.32. The minimum atomic E-state index is -0.944. The Balaban J connectivity index is 2.77. The van der Waals surface area contributed by atoms with Crippen molar-refractivity contribution in [1.82, 2.24) is 24.9 Å². The van der Waals surface area contributed by atoms with Gasteiger partial charge in [-0.25, -0.2) is 0 Å². The molecule has 1 aliphatic heterocycles. The normalized spacial score (nSPS) is 18.2. The maximum atomic E-state index is 12.4. The van der Waals surface area contributed by atoms with Crippen molar-refractivity contribution in [3.8, 4) is 0 Å². The average Bonchev–Trinajstić information content (AvgIpc) is 2.74. The van der Waals surface area contributed by atoms with Crippen LogP contribution < -0.4 is 5.32 Å². The number of amides is 1. The Labute approximate surface area is 196 Å². The van der Waals surface area contributed by atoms with Crippen LogP contribution in [0.3, 0.4) is 0 Å². The van der Waals surface area contributed by atoms with Crippen LogP contribution in [0.2, 0.25) is 0 Å². The molecular formula is C22H41N5O6. The molecule has 0 atom stereocenters. The largest absolute Gasteiger partial charge is 0.480 e. The summed E-state index contributed by atoms with van der Waals surface area (Å²) in [4.78, 5) is 53.6. The van der Waals surface area contributed by atoms with Gasteiger partial charge in [0, 0.05) is 58.9 Å². The van der Waals surface area contributed by atoms with Crippen molar-refractivity contribution in [3.63, 3.8) is 0 Å². The third kappa shape index (κ3) is 14.6. The van der Waals surface area contributed by atoms with Crippen molar-refractivity contribution in [2.75, 3.05) is 85.1 Å². The number of unbranched alkanes of at least 4 members (excludes halogenated alkanes) is 3. The minimum absolute atomic E-state index is 0.0575. The van der Waals surface area contributed by atoms with E-state index >= 15 is 0 Å². The SMILES string of the molecule is CCCCCCNC(=O)CN1CCN(CC=O)CCN(CC(=O)O)CCN(CC(=O)O)CC1.